The molecule has 0 N–H and O–H groups in total. The molecule has 3 aromatic heterocycles. The molecule has 0 spiro atoms. The Labute approximate surface area is 182 Å². The maximum absolute atomic E-state index is 5.78. The van der Waals surface area contributed by atoms with E-state index in [2.05, 4.69) is 27.5 Å². The molecule has 5 heterocycles. The zero-order valence-electron chi connectivity index (χ0n) is 18.3. The van der Waals surface area contributed by atoms with Crippen molar-refractivity contribution in [3.8, 4) is 11.4 Å². The van der Waals surface area contributed by atoms with Crippen molar-refractivity contribution in [3.63, 3.8) is 0 Å². The van der Waals surface area contributed by atoms with E-state index in [4.69, 9.17) is 24.7 Å². The molecule has 8 heteroatoms. The molecular formula is C23H29N7O. The lowest BCUT2D eigenvalue weighted by Crippen LogP contribution is -2.45. The van der Waals surface area contributed by atoms with Gasteiger partial charge in [0.1, 0.15) is 11.6 Å². The molecule has 0 aromatic carbocycles. The van der Waals surface area contributed by atoms with Crippen molar-refractivity contribution >= 4 is 17.0 Å². The lowest BCUT2D eigenvalue weighted by molar-refractivity contribution is 0.187. The van der Waals surface area contributed by atoms with Gasteiger partial charge < -0.3 is 19.1 Å². The maximum Gasteiger partial charge on any atom is 0.166 e. The molecule has 1 unspecified atom stereocenters. The largest absolute Gasteiger partial charge is 0.379 e. The van der Waals surface area contributed by atoms with Crippen LogP contribution < -0.4 is 4.90 Å². The molecule has 1 saturated carbocycles. The number of anilines is 1. The Morgan fingerprint density at radius 3 is 2.61 bits per heavy atom. The number of ether oxygens (including phenoxy) is 1. The number of fused-ring (bicyclic) bond motifs is 1. The summed E-state index contributed by atoms with van der Waals surface area (Å²) in [4.78, 5) is 24.5. The highest BCUT2D eigenvalue weighted by Crippen LogP contribution is 2.44. The summed E-state index contributed by atoms with van der Waals surface area (Å²) in [6.45, 7) is 7.44. The molecule has 2 saturated heterocycles. The summed E-state index contributed by atoms with van der Waals surface area (Å²) in [6, 6.07) is 4.43. The minimum Gasteiger partial charge on any atom is -0.379 e. The van der Waals surface area contributed by atoms with Crippen LogP contribution in [-0.2, 0) is 4.74 Å². The third-order valence-corrected chi connectivity index (χ3v) is 6.75. The first-order chi connectivity index (χ1) is 15.2. The zero-order valence-corrected chi connectivity index (χ0v) is 18.3. The summed E-state index contributed by atoms with van der Waals surface area (Å²) < 4.78 is 8.09. The lowest BCUT2D eigenvalue weighted by Gasteiger charge is -2.33. The van der Waals surface area contributed by atoms with Crippen LogP contribution in [0.15, 0.2) is 18.3 Å². The molecule has 31 heavy (non-hydrogen) atoms. The van der Waals surface area contributed by atoms with Crippen LogP contribution in [0.4, 0.5) is 5.82 Å². The second-order valence-corrected chi connectivity index (χ2v) is 9.09. The molecular weight excluding hydrogens is 390 g/mol. The summed E-state index contributed by atoms with van der Waals surface area (Å²) in [5.74, 6) is 3.28. The summed E-state index contributed by atoms with van der Waals surface area (Å²) in [5, 5.41) is 0. The van der Waals surface area contributed by atoms with Gasteiger partial charge in [0.2, 0.25) is 0 Å². The highest BCUT2D eigenvalue weighted by atomic mass is 16.5. The van der Waals surface area contributed by atoms with Crippen molar-refractivity contribution in [3.05, 3.63) is 29.8 Å². The summed E-state index contributed by atoms with van der Waals surface area (Å²) in [7, 11) is 2.17. The highest BCUT2D eigenvalue weighted by molar-refractivity contribution is 5.87. The Hall–Kier alpha value is -2.58. The van der Waals surface area contributed by atoms with Gasteiger partial charge in [-0.3, -0.25) is 4.98 Å². The van der Waals surface area contributed by atoms with E-state index in [-0.39, 0.29) is 6.04 Å². The van der Waals surface area contributed by atoms with Gasteiger partial charge in [0, 0.05) is 50.5 Å². The van der Waals surface area contributed by atoms with Crippen molar-refractivity contribution in [2.75, 3.05) is 51.3 Å². The number of likely N-dealkylation sites (N-methyl/N-ethyl adjacent to an activating group) is 1. The normalized spacial score (nSPS) is 22.5. The number of hydrogen-bond donors (Lipinski definition) is 0. The van der Waals surface area contributed by atoms with Crippen LogP contribution in [-0.4, -0.2) is 75.8 Å². The SMILES string of the molecule is Cc1nc(N2CCN(C)CC2)c2nc(-c3cccnc3C3CC3)n(C3CCOC3)c2n1. The van der Waals surface area contributed by atoms with Crippen molar-refractivity contribution in [2.24, 2.45) is 0 Å². The van der Waals surface area contributed by atoms with E-state index < -0.39 is 0 Å². The van der Waals surface area contributed by atoms with Gasteiger partial charge in [-0.05, 0) is 45.4 Å². The Balaban J connectivity index is 1.56. The van der Waals surface area contributed by atoms with E-state index in [9.17, 15) is 0 Å². The molecule has 0 bridgehead atoms. The number of pyridine rings is 1. The van der Waals surface area contributed by atoms with Gasteiger partial charge in [0.15, 0.2) is 17.0 Å². The molecule has 3 aromatic rings. The molecule has 2 aliphatic heterocycles. The molecule has 0 amide bonds. The monoisotopic (exact) mass is 419 g/mol. The predicted octanol–water partition coefficient (Wildman–Crippen LogP) is 2.79. The topological polar surface area (TPSA) is 72.2 Å². The van der Waals surface area contributed by atoms with Gasteiger partial charge in [-0.15, -0.1) is 0 Å². The van der Waals surface area contributed by atoms with Gasteiger partial charge in [0.05, 0.1) is 18.3 Å². The van der Waals surface area contributed by atoms with E-state index in [0.29, 0.717) is 12.5 Å². The van der Waals surface area contributed by atoms with Crippen LogP contribution in [0.25, 0.3) is 22.6 Å². The zero-order chi connectivity index (χ0) is 20.9. The number of hydrogen-bond acceptors (Lipinski definition) is 7. The Morgan fingerprint density at radius 2 is 1.87 bits per heavy atom. The van der Waals surface area contributed by atoms with Crippen LogP contribution in [0.5, 0.6) is 0 Å². The molecule has 3 aliphatic rings. The fraction of sp³-hybridized carbons (Fsp3) is 0.565. The van der Waals surface area contributed by atoms with Crippen molar-refractivity contribution in [1.29, 1.82) is 0 Å². The van der Waals surface area contributed by atoms with Gasteiger partial charge in [-0.25, -0.2) is 15.0 Å². The van der Waals surface area contributed by atoms with Crippen molar-refractivity contribution in [1.82, 2.24) is 29.4 Å². The highest BCUT2D eigenvalue weighted by Gasteiger charge is 2.33. The van der Waals surface area contributed by atoms with Crippen molar-refractivity contribution in [2.45, 2.75) is 38.1 Å². The first-order valence-electron chi connectivity index (χ1n) is 11.4. The smallest absolute Gasteiger partial charge is 0.166 e. The maximum atomic E-state index is 5.78. The molecule has 6 rings (SSSR count). The average molecular weight is 420 g/mol. The van der Waals surface area contributed by atoms with Crippen LogP contribution in [0.3, 0.4) is 0 Å². The minimum absolute atomic E-state index is 0.238. The van der Waals surface area contributed by atoms with Crippen LogP contribution in [0.2, 0.25) is 0 Å². The Bertz CT molecular complexity index is 1110. The first kappa shape index (κ1) is 19.1. The minimum atomic E-state index is 0.238. The van der Waals surface area contributed by atoms with E-state index in [1.54, 1.807) is 0 Å². The van der Waals surface area contributed by atoms with Crippen molar-refractivity contribution < 1.29 is 4.74 Å². The number of aromatic nitrogens is 5. The number of rotatable bonds is 4. The summed E-state index contributed by atoms with van der Waals surface area (Å²) in [5.41, 5.74) is 4.14. The molecule has 3 fully saturated rings. The summed E-state index contributed by atoms with van der Waals surface area (Å²) in [6.07, 6.45) is 5.30. The third kappa shape index (κ3) is 3.38. The van der Waals surface area contributed by atoms with E-state index in [1.165, 1.54) is 18.5 Å². The van der Waals surface area contributed by atoms with Gasteiger partial charge in [-0.1, -0.05) is 0 Å². The third-order valence-electron chi connectivity index (χ3n) is 6.75. The molecule has 162 valence electrons. The predicted molar refractivity (Wildman–Crippen MR) is 119 cm³/mol. The fourth-order valence-electron chi connectivity index (χ4n) is 4.85. The van der Waals surface area contributed by atoms with Crippen LogP contribution >= 0.6 is 0 Å². The van der Waals surface area contributed by atoms with E-state index in [1.807, 2.05) is 19.2 Å². The molecule has 8 nitrogen and oxygen atoms in total. The second-order valence-electron chi connectivity index (χ2n) is 9.09. The summed E-state index contributed by atoms with van der Waals surface area (Å²) >= 11 is 0. The first-order valence-corrected chi connectivity index (χ1v) is 11.4. The number of nitrogens with zero attached hydrogens (tertiary/aromatic N) is 7. The quantitative estimate of drug-likeness (QED) is 0.644. The van der Waals surface area contributed by atoms with Gasteiger partial charge >= 0.3 is 0 Å². The van der Waals surface area contributed by atoms with Gasteiger partial charge in [-0.2, -0.15) is 0 Å². The van der Waals surface area contributed by atoms with Crippen LogP contribution in [0.1, 0.15) is 42.7 Å². The fourth-order valence-corrected chi connectivity index (χ4v) is 4.85. The number of imidazole rings is 1. The Morgan fingerprint density at radius 1 is 1.03 bits per heavy atom. The second kappa shape index (κ2) is 7.53. The lowest BCUT2D eigenvalue weighted by atomic mass is 10.1. The molecule has 1 atom stereocenters. The standard InChI is InChI=1S/C23H29N7O/c1-15-25-22(29-11-9-28(2)10-12-29)20-23(26-15)30(17-7-13-31-14-17)21(27-20)18-4-3-8-24-19(18)16-5-6-16/h3-4,8,16-17H,5-7,9-14H2,1-2H3. The molecule has 0 radical (unpaired) electrons. The Kier molecular flexibility index (Phi) is 4.65. The van der Waals surface area contributed by atoms with Gasteiger partial charge in [0.25, 0.3) is 0 Å². The number of aryl methyl sites for hydroxylation is 1. The van der Waals surface area contributed by atoms with Crippen LogP contribution in [0, 0.1) is 6.92 Å². The molecule has 1 aliphatic carbocycles. The van der Waals surface area contributed by atoms with E-state index in [0.717, 1.165) is 73.4 Å². The number of piperazine rings is 1. The average Bonchev–Trinajstić information content (AvgIpc) is 3.35. The van der Waals surface area contributed by atoms with E-state index >= 15 is 0 Å².